The van der Waals surface area contributed by atoms with Gasteiger partial charge in [0.05, 0.1) is 30.8 Å². The van der Waals surface area contributed by atoms with Crippen molar-refractivity contribution >= 4 is 15.9 Å². The summed E-state index contributed by atoms with van der Waals surface area (Å²) in [5.74, 6) is -0.384. The van der Waals surface area contributed by atoms with Crippen LogP contribution < -0.4 is 4.74 Å². The SMILES string of the molecule is COc1ccc(S(=O)(=O)N(C)Cc2ccc(F)cc2)cc1C(=O)N1CCOCC1. The van der Waals surface area contributed by atoms with E-state index in [2.05, 4.69) is 0 Å². The van der Waals surface area contributed by atoms with Gasteiger partial charge in [-0.15, -0.1) is 0 Å². The van der Waals surface area contributed by atoms with Crippen LogP contribution in [0.1, 0.15) is 15.9 Å². The van der Waals surface area contributed by atoms with Gasteiger partial charge in [0.15, 0.2) is 0 Å². The highest BCUT2D eigenvalue weighted by atomic mass is 32.2. The number of ether oxygens (including phenoxy) is 2. The van der Waals surface area contributed by atoms with Gasteiger partial charge in [-0.05, 0) is 35.9 Å². The van der Waals surface area contributed by atoms with Crippen LogP contribution in [0.15, 0.2) is 47.4 Å². The maximum Gasteiger partial charge on any atom is 0.257 e. The van der Waals surface area contributed by atoms with E-state index in [9.17, 15) is 17.6 Å². The van der Waals surface area contributed by atoms with Gasteiger partial charge in [0.1, 0.15) is 11.6 Å². The van der Waals surface area contributed by atoms with E-state index in [0.29, 0.717) is 37.6 Å². The first kappa shape index (κ1) is 21.2. The largest absolute Gasteiger partial charge is 0.496 e. The first-order valence-electron chi connectivity index (χ1n) is 9.09. The van der Waals surface area contributed by atoms with Crippen LogP contribution >= 0.6 is 0 Å². The van der Waals surface area contributed by atoms with Gasteiger partial charge in [-0.2, -0.15) is 4.31 Å². The lowest BCUT2D eigenvalue weighted by atomic mass is 10.1. The van der Waals surface area contributed by atoms with Gasteiger partial charge in [-0.1, -0.05) is 12.1 Å². The molecule has 3 rings (SSSR count). The number of morpholine rings is 1. The number of amides is 1. The first-order valence-corrected chi connectivity index (χ1v) is 10.5. The van der Waals surface area contributed by atoms with Crippen molar-refractivity contribution in [1.29, 1.82) is 0 Å². The zero-order valence-electron chi connectivity index (χ0n) is 16.3. The zero-order chi connectivity index (χ0) is 21.0. The zero-order valence-corrected chi connectivity index (χ0v) is 17.1. The Kier molecular flexibility index (Phi) is 6.51. The summed E-state index contributed by atoms with van der Waals surface area (Å²) in [5, 5.41) is 0. The lowest BCUT2D eigenvalue weighted by Crippen LogP contribution is -2.40. The summed E-state index contributed by atoms with van der Waals surface area (Å²) in [5.41, 5.74) is 0.835. The first-order chi connectivity index (χ1) is 13.8. The van der Waals surface area contributed by atoms with Crippen molar-refractivity contribution in [1.82, 2.24) is 9.21 Å². The number of carbonyl (C=O) groups excluding carboxylic acids is 1. The molecule has 1 aliphatic rings. The summed E-state index contributed by atoms with van der Waals surface area (Å²) >= 11 is 0. The highest BCUT2D eigenvalue weighted by molar-refractivity contribution is 7.89. The average molecular weight is 422 g/mol. The van der Waals surface area contributed by atoms with Gasteiger partial charge in [-0.25, -0.2) is 12.8 Å². The minimum atomic E-state index is -3.87. The molecule has 0 radical (unpaired) electrons. The molecule has 0 aliphatic carbocycles. The molecule has 2 aromatic rings. The number of hydrogen-bond acceptors (Lipinski definition) is 5. The van der Waals surface area contributed by atoms with E-state index in [1.807, 2.05) is 0 Å². The number of nitrogens with zero attached hydrogens (tertiary/aromatic N) is 2. The van der Waals surface area contributed by atoms with E-state index in [1.54, 1.807) is 4.90 Å². The van der Waals surface area contributed by atoms with Crippen LogP contribution in [0.5, 0.6) is 5.75 Å². The fraction of sp³-hybridized carbons (Fsp3) is 0.350. The smallest absolute Gasteiger partial charge is 0.257 e. The van der Waals surface area contributed by atoms with E-state index >= 15 is 0 Å². The molecule has 7 nitrogen and oxygen atoms in total. The summed E-state index contributed by atoms with van der Waals surface area (Å²) in [6.45, 7) is 1.81. The fourth-order valence-corrected chi connectivity index (χ4v) is 4.25. The number of rotatable bonds is 6. The van der Waals surface area contributed by atoms with E-state index in [1.165, 1.54) is 56.6 Å². The maximum absolute atomic E-state index is 13.1. The van der Waals surface area contributed by atoms with Gasteiger partial charge < -0.3 is 14.4 Å². The highest BCUT2D eigenvalue weighted by Crippen LogP contribution is 2.26. The Morgan fingerprint density at radius 3 is 2.45 bits per heavy atom. The Balaban J connectivity index is 1.88. The van der Waals surface area contributed by atoms with Crippen LogP contribution in [0.3, 0.4) is 0 Å². The molecule has 156 valence electrons. The van der Waals surface area contributed by atoms with Crippen molar-refractivity contribution in [2.45, 2.75) is 11.4 Å². The standard InChI is InChI=1S/C20H23FN2O5S/c1-22(14-15-3-5-16(21)6-4-15)29(25,26)17-7-8-19(27-2)18(13-17)20(24)23-9-11-28-12-10-23/h3-8,13H,9-12,14H2,1-2H3. The van der Waals surface area contributed by atoms with Gasteiger partial charge in [-0.3, -0.25) is 4.79 Å². The maximum atomic E-state index is 13.1. The number of carbonyl (C=O) groups is 1. The quantitative estimate of drug-likeness (QED) is 0.713. The molecule has 1 aliphatic heterocycles. The third-order valence-corrected chi connectivity index (χ3v) is 6.53. The third-order valence-electron chi connectivity index (χ3n) is 4.73. The van der Waals surface area contributed by atoms with Gasteiger partial charge in [0.25, 0.3) is 5.91 Å². The van der Waals surface area contributed by atoms with Crippen molar-refractivity contribution in [2.24, 2.45) is 0 Å². The normalized spacial score (nSPS) is 14.8. The van der Waals surface area contributed by atoms with E-state index in [4.69, 9.17) is 9.47 Å². The molecule has 1 fully saturated rings. The molecular formula is C20H23FN2O5S. The number of methoxy groups -OCH3 is 1. The molecule has 0 unspecified atom stereocenters. The molecule has 1 heterocycles. The summed E-state index contributed by atoms with van der Waals surface area (Å²) in [6, 6.07) is 9.85. The molecule has 1 saturated heterocycles. The molecule has 0 bridgehead atoms. The third kappa shape index (κ3) is 4.75. The monoisotopic (exact) mass is 422 g/mol. The van der Waals surface area contributed by atoms with Crippen LogP contribution in [-0.4, -0.2) is 64.0 Å². The Hall–Kier alpha value is -2.49. The second kappa shape index (κ2) is 8.89. The van der Waals surface area contributed by atoms with Crippen LogP contribution in [0.4, 0.5) is 4.39 Å². The summed E-state index contributed by atoms with van der Waals surface area (Å²) in [6.07, 6.45) is 0. The van der Waals surface area contributed by atoms with Crippen molar-refractivity contribution in [3.8, 4) is 5.75 Å². The molecule has 9 heteroatoms. The Labute approximate surface area is 169 Å². The number of hydrogen-bond donors (Lipinski definition) is 0. The van der Waals surface area contributed by atoms with Crippen molar-refractivity contribution < 1.29 is 27.1 Å². The van der Waals surface area contributed by atoms with Crippen molar-refractivity contribution in [2.75, 3.05) is 40.5 Å². The molecule has 0 spiro atoms. The molecule has 0 atom stereocenters. The lowest BCUT2D eigenvalue weighted by molar-refractivity contribution is 0.0300. The lowest BCUT2D eigenvalue weighted by Gasteiger charge is -2.27. The Bertz CT molecular complexity index is 973. The van der Waals surface area contributed by atoms with E-state index in [0.717, 1.165) is 4.31 Å². The van der Waals surface area contributed by atoms with E-state index in [-0.39, 0.29) is 28.7 Å². The molecular weight excluding hydrogens is 399 g/mol. The van der Waals surface area contributed by atoms with Crippen molar-refractivity contribution in [3.63, 3.8) is 0 Å². The predicted octanol–water partition coefficient (Wildman–Crippen LogP) is 2.13. The highest BCUT2D eigenvalue weighted by Gasteiger charge is 2.26. The second-order valence-corrected chi connectivity index (χ2v) is 8.70. The average Bonchev–Trinajstić information content (AvgIpc) is 2.74. The second-order valence-electron chi connectivity index (χ2n) is 6.65. The number of sulfonamides is 1. The van der Waals surface area contributed by atoms with Gasteiger partial charge in [0, 0.05) is 26.7 Å². The molecule has 0 saturated carbocycles. The minimum Gasteiger partial charge on any atom is -0.496 e. The molecule has 2 aromatic carbocycles. The Morgan fingerprint density at radius 1 is 1.17 bits per heavy atom. The summed E-state index contributed by atoms with van der Waals surface area (Å²) in [4.78, 5) is 14.5. The van der Waals surface area contributed by atoms with Gasteiger partial charge in [0.2, 0.25) is 10.0 Å². The summed E-state index contributed by atoms with van der Waals surface area (Å²) in [7, 11) is -1.00. The topological polar surface area (TPSA) is 76.2 Å². The van der Waals surface area contributed by atoms with Crippen LogP contribution in [0.2, 0.25) is 0 Å². The molecule has 0 N–H and O–H groups in total. The van der Waals surface area contributed by atoms with Crippen LogP contribution in [-0.2, 0) is 21.3 Å². The Morgan fingerprint density at radius 2 is 1.83 bits per heavy atom. The number of halogens is 1. The minimum absolute atomic E-state index is 0.0143. The van der Waals surface area contributed by atoms with Crippen LogP contribution in [0.25, 0.3) is 0 Å². The van der Waals surface area contributed by atoms with Crippen molar-refractivity contribution in [3.05, 3.63) is 59.4 Å². The van der Waals surface area contributed by atoms with Crippen LogP contribution in [0, 0.1) is 5.82 Å². The molecule has 1 amide bonds. The predicted molar refractivity (Wildman–Crippen MR) is 105 cm³/mol. The molecule has 29 heavy (non-hydrogen) atoms. The van der Waals surface area contributed by atoms with Gasteiger partial charge >= 0.3 is 0 Å². The number of benzene rings is 2. The van der Waals surface area contributed by atoms with E-state index < -0.39 is 10.0 Å². The molecule has 0 aromatic heterocycles. The fourth-order valence-electron chi connectivity index (χ4n) is 3.06. The summed E-state index contributed by atoms with van der Waals surface area (Å²) < 4.78 is 50.8.